The Morgan fingerprint density at radius 3 is 2.63 bits per heavy atom. The predicted molar refractivity (Wildman–Crippen MR) is 107 cm³/mol. The number of ether oxygens (including phenoxy) is 1. The molecule has 0 saturated carbocycles. The Hall–Kier alpha value is -2.43. The molecule has 162 valence electrons. The molecule has 0 radical (unpaired) electrons. The monoisotopic (exact) mass is 458 g/mol. The van der Waals surface area contributed by atoms with Gasteiger partial charge in [0.2, 0.25) is 15.9 Å². The van der Waals surface area contributed by atoms with Gasteiger partial charge in [0.15, 0.2) is 0 Å². The first kappa shape index (κ1) is 22.3. The second kappa shape index (κ2) is 9.15. The fourth-order valence-corrected chi connectivity index (χ4v) is 4.30. The van der Waals surface area contributed by atoms with Crippen LogP contribution in [0.2, 0.25) is 5.02 Å². The number of aryl methyl sites for hydroxylation is 1. The van der Waals surface area contributed by atoms with Crippen LogP contribution in [0.5, 0.6) is 5.75 Å². The highest BCUT2D eigenvalue weighted by atomic mass is 35.5. The molecule has 3 rings (SSSR count). The van der Waals surface area contributed by atoms with Crippen LogP contribution in [-0.4, -0.2) is 45.0 Å². The summed E-state index contributed by atoms with van der Waals surface area (Å²) in [5.74, 6) is -0.260. The molecule has 30 heavy (non-hydrogen) atoms. The average Bonchev–Trinajstić information content (AvgIpc) is 2.68. The van der Waals surface area contributed by atoms with Gasteiger partial charge >= 0.3 is 5.63 Å². The van der Waals surface area contributed by atoms with Crippen molar-refractivity contribution in [1.82, 2.24) is 9.62 Å². The third-order valence-corrected chi connectivity index (χ3v) is 6.27. The molecule has 1 N–H and O–H groups in total. The molecule has 1 aliphatic rings. The molecule has 1 aromatic heterocycles. The van der Waals surface area contributed by atoms with Crippen LogP contribution in [0.4, 0.5) is 4.39 Å². The number of nitrogens with zero attached hydrogens (tertiary/aromatic N) is 1. The topological polar surface area (TPSA) is 106 Å². The van der Waals surface area contributed by atoms with E-state index in [9.17, 15) is 22.4 Å². The van der Waals surface area contributed by atoms with Crippen LogP contribution >= 0.6 is 11.6 Å². The number of likely N-dealkylation sites (tertiary alicyclic amines) is 1. The minimum Gasteiger partial charge on any atom is -0.490 e. The van der Waals surface area contributed by atoms with Gasteiger partial charge in [-0.15, -0.1) is 0 Å². The molecule has 1 aromatic carbocycles. The quantitative estimate of drug-likeness (QED) is 0.710. The number of benzene rings is 1. The van der Waals surface area contributed by atoms with Gasteiger partial charge in [-0.25, -0.2) is 22.3 Å². The van der Waals surface area contributed by atoms with Crippen LogP contribution in [0, 0.1) is 12.7 Å². The number of amides is 1. The van der Waals surface area contributed by atoms with Gasteiger partial charge in [-0.2, -0.15) is 0 Å². The summed E-state index contributed by atoms with van der Waals surface area (Å²) >= 11 is 5.62. The van der Waals surface area contributed by atoms with E-state index >= 15 is 0 Å². The van der Waals surface area contributed by atoms with E-state index in [0.29, 0.717) is 37.4 Å². The highest BCUT2D eigenvalue weighted by molar-refractivity contribution is 7.89. The van der Waals surface area contributed by atoms with Crippen LogP contribution in [-0.2, 0) is 14.8 Å². The Morgan fingerprint density at radius 2 is 2.00 bits per heavy atom. The summed E-state index contributed by atoms with van der Waals surface area (Å²) in [6.45, 7) is 1.99. The van der Waals surface area contributed by atoms with E-state index in [1.165, 1.54) is 11.0 Å². The summed E-state index contributed by atoms with van der Waals surface area (Å²) in [5.41, 5.74) is -0.493. The van der Waals surface area contributed by atoms with E-state index in [0.717, 1.165) is 18.2 Å². The molecule has 2 heterocycles. The number of piperidine rings is 1. The van der Waals surface area contributed by atoms with E-state index in [2.05, 4.69) is 4.72 Å². The molecule has 0 spiro atoms. The maximum atomic E-state index is 13.2. The number of carbonyl (C=O) groups is 1. The lowest BCUT2D eigenvalue weighted by Crippen LogP contribution is -2.46. The van der Waals surface area contributed by atoms with Gasteiger partial charge in [-0.05, 0) is 25.1 Å². The smallest absolute Gasteiger partial charge is 0.339 e. The standard InChI is InChI=1S/C19H20ClFN2O6S/c1-12-8-14(9-19(25)28-12)29-13-4-6-23(7-5-13)18(24)11-22-30(26,27)15-2-3-17(21)16(20)10-15/h2-3,8-10,13,22H,4-7,11H2,1H3. The lowest BCUT2D eigenvalue weighted by molar-refractivity contribution is -0.131. The first-order valence-corrected chi connectivity index (χ1v) is 11.0. The first-order chi connectivity index (χ1) is 14.1. The van der Waals surface area contributed by atoms with Gasteiger partial charge in [-0.1, -0.05) is 11.6 Å². The summed E-state index contributed by atoms with van der Waals surface area (Å²) in [6.07, 6.45) is 0.893. The zero-order chi connectivity index (χ0) is 21.9. The minimum absolute atomic E-state index is 0.173. The predicted octanol–water partition coefficient (Wildman–Crippen LogP) is 2.09. The van der Waals surface area contributed by atoms with Crippen molar-refractivity contribution in [2.45, 2.75) is 30.8 Å². The van der Waals surface area contributed by atoms with Crippen molar-refractivity contribution in [2.24, 2.45) is 0 Å². The van der Waals surface area contributed by atoms with Gasteiger partial charge < -0.3 is 14.1 Å². The summed E-state index contributed by atoms with van der Waals surface area (Å²) in [6, 6.07) is 5.89. The van der Waals surface area contributed by atoms with E-state index in [1.54, 1.807) is 13.0 Å². The number of halogens is 2. The maximum absolute atomic E-state index is 13.2. The van der Waals surface area contributed by atoms with Crippen LogP contribution in [0.15, 0.2) is 44.4 Å². The van der Waals surface area contributed by atoms with E-state index < -0.39 is 28.0 Å². The molecular weight excluding hydrogens is 439 g/mol. The van der Waals surface area contributed by atoms with Crippen LogP contribution < -0.4 is 15.1 Å². The van der Waals surface area contributed by atoms with Gasteiger partial charge in [0.05, 0.1) is 22.5 Å². The summed E-state index contributed by atoms with van der Waals surface area (Å²) < 4.78 is 50.6. The van der Waals surface area contributed by atoms with E-state index in [1.807, 2.05) is 0 Å². The molecule has 0 unspecified atom stereocenters. The zero-order valence-corrected chi connectivity index (χ0v) is 17.6. The summed E-state index contributed by atoms with van der Waals surface area (Å²) in [5, 5.41) is -0.322. The van der Waals surface area contributed by atoms with Crippen molar-refractivity contribution in [3.8, 4) is 5.75 Å². The molecule has 8 nitrogen and oxygen atoms in total. The highest BCUT2D eigenvalue weighted by Gasteiger charge is 2.25. The average molecular weight is 459 g/mol. The second-order valence-electron chi connectivity index (χ2n) is 6.82. The molecule has 0 aliphatic carbocycles. The first-order valence-electron chi connectivity index (χ1n) is 9.15. The normalized spacial score (nSPS) is 15.2. The molecule has 0 bridgehead atoms. The number of nitrogens with one attached hydrogen (secondary N) is 1. The fourth-order valence-electron chi connectivity index (χ4n) is 3.06. The van der Waals surface area contributed by atoms with Crippen molar-refractivity contribution >= 4 is 27.5 Å². The Morgan fingerprint density at radius 1 is 1.30 bits per heavy atom. The molecule has 0 atom stereocenters. The molecule has 1 aliphatic heterocycles. The molecule has 2 aromatic rings. The number of carbonyl (C=O) groups excluding carboxylic acids is 1. The maximum Gasteiger partial charge on any atom is 0.339 e. The lowest BCUT2D eigenvalue weighted by Gasteiger charge is -2.32. The summed E-state index contributed by atoms with van der Waals surface area (Å²) in [4.78, 5) is 25.1. The highest BCUT2D eigenvalue weighted by Crippen LogP contribution is 2.20. The SMILES string of the molecule is Cc1cc(OC2CCN(C(=O)CNS(=O)(=O)c3ccc(F)c(Cl)c3)CC2)cc(=O)o1. The number of rotatable bonds is 6. The van der Waals surface area contributed by atoms with Gasteiger partial charge in [0, 0.05) is 32.0 Å². The molecule has 11 heteroatoms. The number of sulfonamides is 1. The van der Waals surface area contributed by atoms with Crippen LogP contribution in [0.1, 0.15) is 18.6 Å². The van der Waals surface area contributed by atoms with E-state index in [-0.39, 0.29) is 21.9 Å². The van der Waals surface area contributed by atoms with Crippen molar-refractivity contribution < 1.29 is 26.8 Å². The lowest BCUT2D eigenvalue weighted by atomic mass is 10.1. The van der Waals surface area contributed by atoms with Crippen molar-refractivity contribution in [3.05, 3.63) is 57.4 Å². The Bertz CT molecular complexity index is 1100. The second-order valence-corrected chi connectivity index (χ2v) is 9.00. The zero-order valence-electron chi connectivity index (χ0n) is 16.1. The summed E-state index contributed by atoms with van der Waals surface area (Å²) in [7, 11) is -4.00. The van der Waals surface area contributed by atoms with Crippen LogP contribution in [0.25, 0.3) is 0 Å². The van der Waals surface area contributed by atoms with Gasteiger partial charge in [-0.3, -0.25) is 4.79 Å². The Balaban J connectivity index is 1.51. The Labute approximate surface area is 177 Å². The molecular formula is C19H20ClFN2O6S. The number of hydrogen-bond acceptors (Lipinski definition) is 6. The largest absolute Gasteiger partial charge is 0.490 e. The fraction of sp³-hybridized carbons (Fsp3) is 0.368. The van der Waals surface area contributed by atoms with Crippen molar-refractivity contribution in [2.75, 3.05) is 19.6 Å². The van der Waals surface area contributed by atoms with Gasteiger partial charge in [0.1, 0.15) is 23.4 Å². The Kier molecular flexibility index (Phi) is 6.79. The van der Waals surface area contributed by atoms with Crippen LogP contribution in [0.3, 0.4) is 0 Å². The third-order valence-electron chi connectivity index (χ3n) is 4.58. The molecule has 1 fully saturated rings. The van der Waals surface area contributed by atoms with E-state index in [4.69, 9.17) is 20.8 Å². The molecule has 1 amide bonds. The third kappa shape index (κ3) is 5.59. The van der Waals surface area contributed by atoms with Crippen molar-refractivity contribution in [3.63, 3.8) is 0 Å². The molecule has 1 saturated heterocycles. The van der Waals surface area contributed by atoms with Gasteiger partial charge in [0.25, 0.3) is 0 Å². The number of hydrogen-bond donors (Lipinski definition) is 1. The van der Waals surface area contributed by atoms with Crippen molar-refractivity contribution in [1.29, 1.82) is 0 Å². The minimum atomic E-state index is -4.00.